The highest BCUT2D eigenvalue weighted by atomic mass is 32.1. The molecule has 0 saturated heterocycles. The van der Waals surface area contributed by atoms with Crippen molar-refractivity contribution in [2.24, 2.45) is 5.92 Å². The molecule has 1 aromatic heterocycles. The van der Waals surface area contributed by atoms with E-state index in [-0.39, 0.29) is 17.8 Å². The summed E-state index contributed by atoms with van der Waals surface area (Å²) in [7, 11) is 5.38. The van der Waals surface area contributed by atoms with Gasteiger partial charge in [-0.25, -0.2) is 0 Å². The van der Waals surface area contributed by atoms with Gasteiger partial charge in [0.05, 0.1) is 17.9 Å². The maximum absolute atomic E-state index is 12.5. The van der Waals surface area contributed by atoms with E-state index in [4.69, 9.17) is 4.74 Å². The Balaban J connectivity index is 2.69. The van der Waals surface area contributed by atoms with Gasteiger partial charge in [0.25, 0.3) is 5.91 Å². The predicted octanol–water partition coefficient (Wildman–Crippen LogP) is 1.95. The van der Waals surface area contributed by atoms with Crippen molar-refractivity contribution < 1.29 is 14.3 Å². The molecule has 0 aliphatic heterocycles. The molecule has 1 unspecified atom stereocenters. The Morgan fingerprint density at radius 2 is 2.05 bits per heavy atom. The lowest BCUT2D eigenvalue weighted by Gasteiger charge is -2.25. The molecule has 0 saturated carbocycles. The Morgan fingerprint density at radius 1 is 1.33 bits per heavy atom. The minimum absolute atomic E-state index is 0.0143. The third-order valence-electron chi connectivity index (χ3n) is 3.15. The van der Waals surface area contributed by atoms with E-state index in [0.717, 1.165) is 13.0 Å². The smallest absolute Gasteiger partial charge is 0.310 e. The normalized spacial score (nSPS) is 12.2. The maximum atomic E-state index is 12.5. The van der Waals surface area contributed by atoms with E-state index in [9.17, 15) is 9.59 Å². The SMILES string of the molecule is COC(=O)C(C)CN(CCCN(C)C)C(=O)c1cccs1. The van der Waals surface area contributed by atoms with E-state index in [0.29, 0.717) is 18.0 Å². The number of hydrogen-bond donors (Lipinski definition) is 0. The van der Waals surface area contributed by atoms with Gasteiger partial charge in [-0.3, -0.25) is 9.59 Å². The second-order valence-corrected chi connectivity index (χ2v) is 6.26. The first kappa shape index (κ1) is 17.7. The summed E-state index contributed by atoms with van der Waals surface area (Å²) >= 11 is 1.42. The topological polar surface area (TPSA) is 49.9 Å². The number of amides is 1. The number of ether oxygens (including phenoxy) is 1. The first-order chi connectivity index (χ1) is 9.95. The lowest BCUT2D eigenvalue weighted by molar-refractivity contribution is -0.145. The number of thiophene rings is 1. The van der Waals surface area contributed by atoms with E-state index in [1.807, 2.05) is 31.6 Å². The van der Waals surface area contributed by atoms with Gasteiger partial charge in [0, 0.05) is 13.1 Å². The lowest BCUT2D eigenvalue weighted by atomic mass is 10.1. The summed E-state index contributed by atoms with van der Waals surface area (Å²) in [6.45, 7) is 3.71. The molecule has 1 rings (SSSR count). The summed E-state index contributed by atoms with van der Waals surface area (Å²) in [6, 6.07) is 3.67. The highest BCUT2D eigenvalue weighted by Gasteiger charge is 2.22. The van der Waals surface area contributed by atoms with Gasteiger partial charge in [0.2, 0.25) is 0 Å². The van der Waals surface area contributed by atoms with Crippen LogP contribution in [-0.4, -0.2) is 62.5 Å². The molecule has 0 aliphatic carbocycles. The lowest BCUT2D eigenvalue weighted by Crippen LogP contribution is -2.38. The van der Waals surface area contributed by atoms with Crippen molar-refractivity contribution in [1.29, 1.82) is 0 Å². The van der Waals surface area contributed by atoms with Gasteiger partial charge < -0.3 is 14.5 Å². The zero-order chi connectivity index (χ0) is 15.8. The van der Waals surface area contributed by atoms with Crippen molar-refractivity contribution in [3.05, 3.63) is 22.4 Å². The van der Waals surface area contributed by atoms with E-state index in [1.165, 1.54) is 18.4 Å². The van der Waals surface area contributed by atoms with Crippen molar-refractivity contribution in [3.63, 3.8) is 0 Å². The van der Waals surface area contributed by atoms with Gasteiger partial charge in [-0.2, -0.15) is 0 Å². The molecule has 0 fully saturated rings. The van der Waals surface area contributed by atoms with Crippen molar-refractivity contribution in [2.45, 2.75) is 13.3 Å². The fourth-order valence-corrected chi connectivity index (χ4v) is 2.71. The molecule has 0 radical (unpaired) electrons. The van der Waals surface area contributed by atoms with E-state index in [2.05, 4.69) is 4.90 Å². The zero-order valence-corrected chi connectivity index (χ0v) is 14.0. The second-order valence-electron chi connectivity index (χ2n) is 5.31. The maximum Gasteiger partial charge on any atom is 0.310 e. The molecular formula is C15H24N2O3S. The summed E-state index contributed by atoms with van der Waals surface area (Å²) in [5, 5.41) is 1.88. The van der Waals surface area contributed by atoms with Crippen LogP contribution in [0.3, 0.4) is 0 Å². The Bertz CT molecular complexity index is 446. The second kappa shape index (κ2) is 8.79. The minimum Gasteiger partial charge on any atom is -0.469 e. The molecular weight excluding hydrogens is 288 g/mol. The van der Waals surface area contributed by atoms with Gasteiger partial charge >= 0.3 is 5.97 Å². The minimum atomic E-state index is -0.321. The highest BCUT2D eigenvalue weighted by molar-refractivity contribution is 7.12. The molecule has 0 spiro atoms. The van der Waals surface area contributed by atoms with E-state index < -0.39 is 0 Å². The summed E-state index contributed by atoms with van der Waals surface area (Å²) in [6.07, 6.45) is 0.873. The molecule has 0 aromatic carbocycles. The first-order valence-corrected chi connectivity index (χ1v) is 7.89. The summed E-state index contributed by atoms with van der Waals surface area (Å²) in [4.78, 5) is 28.6. The third kappa shape index (κ3) is 5.85. The third-order valence-corrected chi connectivity index (χ3v) is 4.01. The van der Waals surface area contributed by atoms with Gasteiger partial charge in [-0.1, -0.05) is 13.0 Å². The molecule has 1 atom stereocenters. The number of methoxy groups -OCH3 is 1. The van der Waals surface area contributed by atoms with E-state index in [1.54, 1.807) is 11.8 Å². The summed E-state index contributed by atoms with van der Waals surface area (Å²) in [5.41, 5.74) is 0. The van der Waals surface area contributed by atoms with Crippen molar-refractivity contribution in [1.82, 2.24) is 9.80 Å². The standard InChI is InChI=1S/C15H24N2O3S/c1-12(15(19)20-4)11-17(9-6-8-16(2)3)14(18)13-7-5-10-21-13/h5,7,10,12H,6,8-9,11H2,1-4H3. The molecule has 1 amide bonds. The van der Waals surface area contributed by atoms with Crippen LogP contribution in [0, 0.1) is 5.92 Å². The van der Waals surface area contributed by atoms with Crippen LogP contribution in [0.25, 0.3) is 0 Å². The number of esters is 1. The van der Waals surface area contributed by atoms with Gasteiger partial charge in [-0.15, -0.1) is 11.3 Å². The van der Waals surface area contributed by atoms with Gasteiger partial charge in [0.1, 0.15) is 0 Å². The molecule has 21 heavy (non-hydrogen) atoms. The molecule has 1 heterocycles. The number of hydrogen-bond acceptors (Lipinski definition) is 5. The molecule has 0 N–H and O–H groups in total. The van der Waals surface area contributed by atoms with Crippen LogP contribution >= 0.6 is 11.3 Å². The monoisotopic (exact) mass is 312 g/mol. The number of nitrogens with zero attached hydrogens (tertiary/aromatic N) is 2. The fourth-order valence-electron chi connectivity index (χ4n) is 2.02. The number of rotatable bonds is 8. The molecule has 6 heteroatoms. The zero-order valence-electron chi connectivity index (χ0n) is 13.2. The fraction of sp³-hybridized carbons (Fsp3) is 0.600. The Kier molecular flexibility index (Phi) is 7.39. The number of carbonyl (C=O) groups excluding carboxylic acids is 2. The van der Waals surface area contributed by atoms with Crippen LogP contribution in [0.15, 0.2) is 17.5 Å². The van der Waals surface area contributed by atoms with E-state index >= 15 is 0 Å². The van der Waals surface area contributed by atoms with Crippen LogP contribution in [0.1, 0.15) is 23.0 Å². The van der Waals surface area contributed by atoms with Crippen LogP contribution in [0.4, 0.5) is 0 Å². The average molecular weight is 312 g/mol. The van der Waals surface area contributed by atoms with Crippen LogP contribution in [-0.2, 0) is 9.53 Å². The Hall–Kier alpha value is -1.40. The molecule has 5 nitrogen and oxygen atoms in total. The number of carbonyl (C=O) groups is 2. The molecule has 118 valence electrons. The van der Waals surface area contributed by atoms with Crippen molar-refractivity contribution in [3.8, 4) is 0 Å². The predicted molar refractivity (Wildman–Crippen MR) is 84.6 cm³/mol. The van der Waals surface area contributed by atoms with Crippen LogP contribution in [0.2, 0.25) is 0 Å². The highest BCUT2D eigenvalue weighted by Crippen LogP contribution is 2.14. The largest absolute Gasteiger partial charge is 0.469 e. The quantitative estimate of drug-likeness (QED) is 0.689. The Labute approximate surface area is 130 Å². The first-order valence-electron chi connectivity index (χ1n) is 7.01. The van der Waals surface area contributed by atoms with Gasteiger partial charge in [-0.05, 0) is 38.5 Å². The van der Waals surface area contributed by atoms with Crippen molar-refractivity contribution >= 4 is 23.2 Å². The summed E-state index contributed by atoms with van der Waals surface area (Å²) < 4.78 is 4.74. The molecule has 1 aromatic rings. The van der Waals surface area contributed by atoms with Crippen molar-refractivity contribution in [2.75, 3.05) is 40.8 Å². The van der Waals surface area contributed by atoms with Crippen LogP contribution < -0.4 is 0 Å². The molecule has 0 bridgehead atoms. The Morgan fingerprint density at radius 3 is 2.57 bits per heavy atom. The average Bonchev–Trinajstić information content (AvgIpc) is 2.98. The van der Waals surface area contributed by atoms with Gasteiger partial charge in [0.15, 0.2) is 0 Å². The molecule has 0 aliphatic rings. The van der Waals surface area contributed by atoms with Crippen LogP contribution in [0.5, 0.6) is 0 Å². The summed E-state index contributed by atoms with van der Waals surface area (Å²) in [5.74, 6) is -0.621.